The second kappa shape index (κ2) is 5.01. The van der Waals surface area contributed by atoms with E-state index >= 15 is 0 Å². The zero-order chi connectivity index (χ0) is 11.5. The highest BCUT2D eigenvalue weighted by atomic mass is 79.9. The molecule has 0 bridgehead atoms. The molecule has 2 atom stereocenters. The zero-order valence-electron chi connectivity index (χ0n) is 9.03. The molecule has 0 aliphatic carbocycles. The van der Waals surface area contributed by atoms with Crippen molar-refractivity contribution in [2.45, 2.75) is 31.9 Å². The molecule has 2 heterocycles. The van der Waals surface area contributed by atoms with Gasteiger partial charge < -0.3 is 14.5 Å². The maximum Gasteiger partial charge on any atom is 0.255 e. The van der Waals surface area contributed by atoms with Crippen molar-refractivity contribution in [2.24, 2.45) is 0 Å². The van der Waals surface area contributed by atoms with Gasteiger partial charge in [0.25, 0.3) is 5.91 Å². The van der Waals surface area contributed by atoms with E-state index < -0.39 is 0 Å². The number of carbonyl (C=O) groups excluding carboxylic acids is 1. The molecule has 4 nitrogen and oxygen atoms in total. The van der Waals surface area contributed by atoms with E-state index in [9.17, 15) is 4.79 Å². The lowest BCUT2D eigenvalue weighted by Crippen LogP contribution is -2.41. The smallest absolute Gasteiger partial charge is 0.255 e. The Hall–Kier alpha value is -0.810. The molecule has 0 saturated carbocycles. The van der Waals surface area contributed by atoms with E-state index in [0.717, 1.165) is 12.8 Å². The number of carbonyl (C=O) groups is 1. The Morgan fingerprint density at radius 1 is 1.62 bits per heavy atom. The van der Waals surface area contributed by atoms with Crippen molar-refractivity contribution in [2.75, 3.05) is 6.61 Å². The normalized spacial score (nSPS) is 25.4. The lowest BCUT2D eigenvalue weighted by molar-refractivity contribution is 0.0136. The van der Waals surface area contributed by atoms with Gasteiger partial charge in [-0.3, -0.25) is 4.79 Å². The first-order valence-electron chi connectivity index (χ1n) is 5.32. The number of hydrogen-bond acceptors (Lipinski definition) is 3. The van der Waals surface area contributed by atoms with Crippen LogP contribution in [0.4, 0.5) is 0 Å². The molecule has 2 rings (SSSR count). The summed E-state index contributed by atoms with van der Waals surface area (Å²) in [5.41, 5.74) is 0.541. The van der Waals surface area contributed by atoms with Crippen LogP contribution in [0, 0.1) is 0 Å². The second-order valence-electron chi connectivity index (χ2n) is 3.98. The van der Waals surface area contributed by atoms with Gasteiger partial charge in [-0.25, -0.2) is 0 Å². The maximum absolute atomic E-state index is 11.9. The molecule has 16 heavy (non-hydrogen) atoms. The van der Waals surface area contributed by atoms with E-state index in [2.05, 4.69) is 21.2 Å². The molecule has 0 spiro atoms. The van der Waals surface area contributed by atoms with Crippen molar-refractivity contribution in [3.63, 3.8) is 0 Å². The van der Waals surface area contributed by atoms with E-state index in [1.165, 1.54) is 6.26 Å². The molecule has 0 radical (unpaired) electrons. The number of hydrogen-bond donors (Lipinski definition) is 1. The minimum absolute atomic E-state index is 0.0975. The van der Waals surface area contributed by atoms with Gasteiger partial charge in [0, 0.05) is 12.6 Å². The van der Waals surface area contributed by atoms with Gasteiger partial charge >= 0.3 is 0 Å². The first-order chi connectivity index (χ1) is 7.66. The topological polar surface area (TPSA) is 51.5 Å². The third kappa shape index (κ3) is 2.65. The Labute approximate surface area is 102 Å². The Balaban J connectivity index is 1.95. The minimum atomic E-state index is -0.0975. The molecule has 0 aromatic carbocycles. The molecule has 1 aromatic heterocycles. The van der Waals surface area contributed by atoms with Crippen LogP contribution in [0.25, 0.3) is 0 Å². The van der Waals surface area contributed by atoms with Gasteiger partial charge in [-0.2, -0.15) is 0 Å². The highest BCUT2D eigenvalue weighted by Crippen LogP contribution is 2.19. The van der Waals surface area contributed by atoms with Gasteiger partial charge in [0.05, 0.1) is 17.9 Å². The van der Waals surface area contributed by atoms with Gasteiger partial charge in [-0.05, 0) is 41.8 Å². The number of rotatable bonds is 2. The number of halogens is 1. The molecule has 2 unspecified atom stereocenters. The van der Waals surface area contributed by atoms with Gasteiger partial charge in [-0.1, -0.05) is 0 Å². The summed E-state index contributed by atoms with van der Waals surface area (Å²) >= 11 is 3.19. The third-order valence-corrected chi connectivity index (χ3v) is 3.30. The number of amides is 1. The number of furan rings is 1. The van der Waals surface area contributed by atoms with Crippen LogP contribution in [-0.4, -0.2) is 24.7 Å². The van der Waals surface area contributed by atoms with Crippen LogP contribution in [0.3, 0.4) is 0 Å². The highest BCUT2D eigenvalue weighted by Gasteiger charge is 2.22. The summed E-state index contributed by atoms with van der Waals surface area (Å²) in [6, 6.07) is 1.85. The fourth-order valence-corrected chi connectivity index (χ4v) is 2.27. The van der Waals surface area contributed by atoms with Crippen molar-refractivity contribution in [3.8, 4) is 0 Å². The fraction of sp³-hybridized carbons (Fsp3) is 0.545. The first-order valence-corrected chi connectivity index (χ1v) is 6.11. The molecule has 1 aliphatic heterocycles. The molecule has 1 aromatic rings. The quantitative estimate of drug-likeness (QED) is 0.908. The summed E-state index contributed by atoms with van der Waals surface area (Å²) in [4.78, 5) is 11.9. The molecule has 1 fully saturated rings. The highest BCUT2D eigenvalue weighted by molar-refractivity contribution is 9.10. The summed E-state index contributed by atoms with van der Waals surface area (Å²) in [5.74, 6) is -0.0975. The van der Waals surface area contributed by atoms with E-state index in [0.29, 0.717) is 16.8 Å². The molecule has 88 valence electrons. The molecule has 1 aliphatic rings. The van der Waals surface area contributed by atoms with Gasteiger partial charge in [0.1, 0.15) is 0 Å². The lowest BCUT2D eigenvalue weighted by Gasteiger charge is -2.27. The summed E-state index contributed by atoms with van der Waals surface area (Å²) in [6.45, 7) is 2.73. The Kier molecular flexibility index (Phi) is 3.66. The fourth-order valence-electron chi connectivity index (χ4n) is 1.85. The predicted octanol–water partition coefficient (Wildman–Crippen LogP) is 2.34. The van der Waals surface area contributed by atoms with Gasteiger partial charge in [-0.15, -0.1) is 0 Å². The summed E-state index contributed by atoms with van der Waals surface area (Å²) in [7, 11) is 0. The second-order valence-corrected chi connectivity index (χ2v) is 4.70. The zero-order valence-corrected chi connectivity index (χ0v) is 10.6. The van der Waals surface area contributed by atoms with Gasteiger partial charge in [0.15, 0.2) is 4.67 Å². The van der Waals surface area contributed by atoms with Gasteiger partial charge in [0.2, 0.25) is 0 Å². The van der Waals surface area contributed by atoms with Crippen LogP contribution >= 0.6 is 15.9 Å². The average Bonchev–Trinajstić information content (AvgIpc) is 2.64. The monoisotopic (exact) mass is 287 g/mol. The van der Waals surface area contributed by atoms with Crippen molar-refractivity contribution in [1.82, 2.24) is 5.32 Å². The molecule has 1 N–H and O–H groups in total. The number of ether oxygens (including phenoxy) is 1. The van der Waals surface area contributed by atoms with Crippen LogP contribution in [0.1, 0.15) is 30.1 Å². The molecule has 1 saturated heterocycles. The lowest BCUT2D eigenvalue weighted by atomic mass is 10.0. The van der Waals surface area contributed by atoms with Crippen LogP contribution in [0.15, 0.2) is 21.4 Å². The van der Waals surface area contributed by atoms with Crippen molar-refractivity contribution in [1.29, 1.82) is 0 Å². The first kappa shape index (κ1) is 11.7. The van der Waals surface area contributed by atoms with Crippen LogP contribution in [0.2, 0.25) is 0 Å². The molecular weight excluding hydrogens is 274 g/mol. The van der Waals surface area contributed by atoms with E-state index in [1.807, 2.05) is 6.92 Å². The van der Waals surface area contributed by atoms with Crippen molar-refractivity contribution >= 4 is 21.8 Å². The Bertz CT molecular complexity index is 377. The maximum atomic E-state index is 11.9. The largest absolute Gasteiger partial charge is 0.457 e. The van der Waals surface area contributed by atoms with Crippen molar-refractivity contribution in [3.05, 3.63) is 22.6 Å². The molecule has 1 amide bonds. The average molecular weight is 288 g/mol. The summed E-state index contributed by atoms with van der Waals surface area (Å²) in [6.07, 6.45) is 3.44. The van der Waals surface area contributed by atoms with E-state index in [-0.39, 0.29) is 18.1 Å². The Morgan fingerprint density at radius 3 is 3.06 bits per heavy atom. The predicted molar refractivity (Wildman–Crippen MR) is 62.3 cm³/mol. The molecular formula is C11H14BrNO3. The summed E-state index contributed by atoms with van der Waals surface area (Å²) < 4.78 is 10.9. The van der Waals surface area contributed by atoms with E-state index in [4.69, 9.17) is 9.15 Å². The minimum Gasteiger partial charge on any atom is -0.457 e. The third-order valence-electron chi connectivity index (χ3n) is 2.68. The SMILES string of the molecule is CC1CC(NC(=O)c2ccoc2Br)CCO1. The van der Waals surface area contributed by atoms with Crippen molar-refractivity contribution < 1.29 is 13.9 Å². The van der Waals surface area contributed by atoms with E-state index in [1.54, 1.807) is 6.07 Å². The Morgan fingerprint density at radius 2 is 2.44 bits per heavy atom. The van der Waals surface area contributed by atoms with Crippen LogP contribution in [-0.2, 0) is 4.74 Å². The van der Waals surface area contributed by atoms with Crippen LogP contribution < -0.4 is 5.32 Å². The van der Waals surface area contributed by atoms with Crippen LogP contribution in [0.5, 0.6) is 0 Å². The standard InChI is InChI=1S/C11H14BrNO3/c1-7-6-8(2-4-15-7)13-11(14)9-3-5-16-10(9)12/h3,5,7-8H,2,4,6H2,1H3,(H,13,14). The molecule has 5 heteroatoms. The summed E-state index contributed by atoms with van der Waals surface area (Å²) in [5, 5.41) is 2.98. The number of nitrogens with one attached hydrogen (secondary N) is 1.